The Hall–Kier alpha value is -2.68. The van der Waals surface area contributed by atoms with Gasteiger partial charge in [-0.3, -0.25) is 9.55 Å². The van der Waals surface area contributed by atoms with Crippen LogP contribution in [-0.2, 0) is 0 Å². The van der Waals surface area contributed by atoms with E-state index in [9.17, 15) is 0 Å². The first-order chi connectivity index (χ1) is 9.81. The van der Waals surface area contributed by atoms with E-state index in [2.05, 4.69) is 44.9 Å². The summed E-state index contributed by atoms with van der Waals surface area (Å²) in [5, 5.41) is 3.54. The molecule has 3 aromatic heterocycles. The first kappa shape index (κ1) is 11.2. The molecule has 0 unspecified atom stereocenters. The van der Waals surface area contributed by atoms with Crippen molar-refractivity contribution in [2.45, 2.75) is 6.92 Å². The zero-order valence-electron chi connectivity index (χ0n) is 11.1. The quantitative estimate of drug-likeness (QED) is 0.519. The number of aromatic nitrogens is 3. The van der Waals surface area contributed by atoms with Crippen molar-refractivity contribution in [3.8, 4) is 5.82 Å². The number of aryl methyl sites for hydroxylation is 1. The van der Waals surface area contributed by atoms with Crippen molar-refractivity contribution in [1.29, 1.82) is 0 Å². The molecule has 96 valence electrons. The van der Waals surface area contributed by atoms with Crippen LogP contribution in [0.25, 0.3) is 27.5 Å². The number of hydrogen-bond donors (Lipinski definition) is 0. The monoisotopic (exact) mass is 259 g/mol. The largest absolute Gasteiger partial charge is 0.300 e. The van der Waals surface area contributed by atoms with Crippen LogP contribution in [0.15, 0.2) is 61.1 Å². The van der Waals surface area contributed by atoms with Gasteiger partial charge in [-0.2, -0.15) is 0 Å². The summed E-state index contributed by atoms with van der Waals surface area (Å²) in [6, 6.07) is 14.5. The van der Waals surface area contributed by atoms with E-state index in [1.54, 1.807) is 0 Å². The Morgan fingerprint density at radius 1 is 0.850 bits per heavy atom. The van der Waals surface area contributed by atoms with Crippen LogP contribution in [0.3, 0.4) is 0 Å². The smallest absolute Gasteiger partial charge is 0.137 e. The predicted octanol–water partition coefficient (Wildman–Crippen LogP) is 3.88. The molecule has 0 saturated heterocycles. The summed E-state index contributed by atoms with van der Waals surface area (Å²) in [5.41, 5.74) is 2.11. The highest BCUT2D eigenvalue weighted by Gasteiger charge is 2.05. The molecule has 0 aliphatic heterocycles. The van der Waals surface area contributed by atoms with Crippen molar-refractivity contribution >= 4 is 21.7 Å². The van der Waals surface area contributed by atoms with Crippen molar-refractivity contribution in [2.75, 3.05) is 0 Å². The maximum absolute atomic E-state index is 4.56. The second-order valence-corrected chi connectivity index (χ2v) is 4.96. The molecule has 4 aromatic rings. The lowest BCUT2D eigenvalue weighted by molar-refractivity contribution is 1.04. The molecular formula is C17H13N3. The summed E-state index contributed by atoms with van der Waals surface area (Å²) in [7, 11) is 0. The summed E-state index contributed by atoms with van der Waals surface area (Å²) >= 11 is 0. The lowest BCUT2D eigenvalue weighted by Gasteiger charge is -2.06. The van der Waals surface area contributed by atoms with Crippen LogP contribution >= 0.6 is 0 Å². The molecule has 0 saturated carbocycles. The van der Waals surface area contributed by atoms with E-state index in [-0.39, 0.29) is 0 Å². The van der Waals surface area contributed by atoms with Gasteiger partial charge >= 0.3 is 0 Å². The van der Waals surface area contributed by atoms with E-state index in [4.69, 9.17) is 0 Å². The third-order valence-electron chi connectivity index (χ3n) is 3.58. The standard InChI is InChI=1S/C17H13N3/c1-12-8-14-6-7-20(16(14)11-18-12)17-9-13-4-2-3-5-15(13)10-19-17/h2-11H,1H3. The Morgan fingerprint density at radius 3 is 2.60 bits per heavy atom. The van der Waals surface area contributed by atoms with Crippen molar-refractivity contribution in [3.05, 3.63) is 66.7 Å². The summed E-state index contributed by atoms with van der Waals surface area (Å²) < 4.78 is 2.08. The molecule has 1 aromatic carbocycles. The Labute approximate surface area is 116 Å². The van der Waals surface area contributed by atoms with Gasteiger partial charge in [0, 0.05) is 28.9 Å². The van der Waals surface area contributed by atoms with E-state index < -0.39 is 0 Å². The number of nitrogens with zero attached hydrogens (tertiary/aromatic N) is 3. The highest BCUT2D eigenvalue weighted by Crippen LogP contribution is 2.21. The number of pyridine rings is 2. The third kappa shape index (κ3) is 1.67. The highest BCUT2D eigenvalue weighted by molar-refractivity contribution is 5.85. The number of hydrogen-bond acceptors (Lipinski definition) is 2. The van der Waals surface area contributed by atoms with Crippen molar-refractivity contribution in [2.24, 2.45) is 0 Å². The SMILES string of the molecule is Cc1cc2ccn(-c3cc4ccccc4cn3)c2cn1. The van der Waals surface area contributed by atoms with Gasteiger partial charge in [-0.05, 0) is 30.5 Å². The van der Waals surface area contributed by atoms with E-state index in [1.165, 1.54) is 10.8 Å². The summed E-state index contributed by atoms with van der Waals surface area (Å²) in [4.78, 5) is 8.94. The zero-order valence-corrected chi connectivity index (χ0v) is 11.1. The Kier molecular flexibility index (Phi) is 2.33. The molecule has 3 heterocycles. The summed E-state index contributed by atoms with van der Waals surface area (Å²) in [6.07, 6.45) is 5.86. The molecule has 0 fully saturated rings. The fraction of sp³-hybridized carbons (Fsp3) is 0.0588. The summed E-state index contributed by atoms with van der Waals surface area (Å²) in [6.45, 7) is 2.01. The van der Waals surface area contributed by atoms with Gasteiger partial charge in [-0.25, -0.2) is 4.98 Å². The van der Waals surface area contributed by atoms with Crippen LogP contribution in [0.4, 0.5) is 0 Å². The maximum atomic E-state index is 4.56. The molecule has 0 N–H and O–H groups in total. The van der Waals surface area contributed by atoms with E-state index in [0.717, 1.165) is 22.4 Å². The van der Waals surface area contributed by atoms with Crippen LogP contribution < -0.4 is 0 Å². The maximum Gasteiger partial charge on any atom is 0.137 e. The average molecular weight is 259 g/mol. The molecule has 3 heteroatoms. The number of fused-ring (bicyclic) bond motifs is 2. The van der Waals surface area contributed by atoms with E-state index >= 15 is 0 Å². The second kappa shape index (κ2) is 4.17. The first-order valence-corrected chi connectivity index (χ1v) is 6.60. The van der Waals surface area contributed by atoms with Crippen LogP contribution in [0, 0.1) is 6.92 Å². The fourth-order valence-electron chi connectivity index (χ4n) is 2.55. The second-order valence-electron chi connectivity index (χ2n) is 4.96. The molecular weight excluding hydrogens is 246 g/mol. The van der Waals surface area contributed by atoms with Gasteiger partial charge in [0.05, 0.1) is 11.7 Å². The third-order valence-corrected chi connectivity index (χ3v) is 3.58. The lowest BCUT2D eigenvalue weighted by atomic mass is 10.2. The molecule has 0 atom stereocenters. The van der Waals surface area contributed by atoms with Gasteiger partial charge in [-0.15, -0.1) is 0 Å². The minimum atomic E-state index is 0.921. The molecule has 0 spiro atoms. The minimum Gasteiger partial charge on any atom is -0.300 e. The molecule has 0 radical (unpaired) electrons. The molecule has 3 nitrogen and oxygen atoms in total. The van der Waals surface area contributed by atoms with Crippen molar-refractivity contribution < 1.29 is 0 Å². The molecule has 4 rings (SSSR count). The minimum absolute atomic E-state index is 0.921. The summed E-state index contributed by atoms with van der Waals surface area (Å²) in [5.74, 6) is 0.921. The van der Waals surface area contributed by atoms with E-state index in [1.807, 2.05) is 37.6 Å². The Morgan fingerprint density at radius 2 is 1.70 bits per heavy atom. The van der Waals surface area contributed by atoms with Crippen molar-refractivity contribution in [3.63, 3.8) is 0 Å². The molecule has 20 heavy (non-hydrogen) atoms. The zero-order chi connectivity index (χ0) is 13.5. The average Bonchev–Trinajstić information content (AvgIpc) is 2.89. The van der Waals surface area contributed by atoms with Crippen LogP contribution in [0.5, 0.6) is 0 Å². The molecule has 0 bridgehead atoms. The highest BCUT2D eigenvalue weighted by atomic mass is 15.1. The van der Waals surface area contributed by atoms with Gasteiger partial charge in [0.2, 0.25) is 0 Å². The van der Waals surface area contributed by atoms with Gasteiger partial charge in [0.15, 0.2) is 0 Å². The predicted molar refractivity (Wildman–Crippen MR) is 81.1 cm³/mol. The van der Waals surface area contributed by atoms with Crippen LogP contribution in [0.2, 0.25) is 0 Å². The van der Waals surface area contributed by atoms with E-state index in [0.29, 0.717) is 0 Å². The molecule has 0 aliphatic carbocycles. The van der Waals surface area contributed by atoms with Gasteiger partial charge in [-0.1, -0.05) is 24.3 Å². The van der Waals surface area contributed by atoms with Crippen LogP contribution in [-0.4, -0.2) is 14.5 Å². The number of benzene rings is 1. The Balaban J connectivity index is 1.96. The van der Waals surface area contributed by atoms with Crippen LogP contribution in [0.1, 0.15) is 5.69 Å². The first-order valence-electron chi connectivity index (χ1n) is 6.60. The molecule has 0 amide bonds. The normalized spacial score (nSPS) is 11.2. The Bertz CT molecular complexity index is 922. The van der Waals surface area contributed by atoms with Gasteiger partial charge in [0.1, 0.15) is 5.82 Å². The lowest BCUT2D eigenvalue weighted by Crippen LogP contribution is -1.96. The van der Waals surface area contributed by atoms with Gasteiger partial charge < -0.3 is 0 Å². The number of rotatable bonds is 1. The van der Waals surface area contributed by atoms with Crippen molar-refractivity contribution in [1.82, 2.24) is 14.5 Å². The fourth-order valence-corrected chi connectivity index (χ4v) is 2.55. The van der Waals surface area contributed by atoms with Gasteiger partial charge in [0.25, 0.3) is 0 Å². The topological polar surface area (TPSA) is 30.7 Å². The molecule has 0 aliphatic rings.